The van der Waals surface area contributed by atoms with Crippen LogP contribution in [0.15, 0.2) is 72.8 Å². The van der Waals surface area contributed by atoms with E-state index in [1.54, 1.807) is 25.3 Å². The lowest BCUT2D eigenvalue weighted by molar-refractivity contribution is -0.115. The molecule has 0 spiro atoms. The van der Waals surface area contributed by atoms with E-state index in [-0.39, 0.29) is 12.3 Å². The van der Waals surface area contributed by atoms with Crippen LogP contribution in [-0.4, -0.2) is 13.0 Å². The van der Waals surface area contributed by atoms with Crippen molar-refractivity contribution >= 4 is 34.6 Å². The van der Waals surface area contributed by atoms with E-state index in [1.807, 2.05) is 54.6 Å². The predicted molar refractivity (Wildman–Crippen MR) is 107 cm³/mol. The van der Waals surface area contributed by atoms with Gasteiger partial charge in [-0.3, -0.25) is 4.79 Å². The van der Waals surface area contributed by atoms with Gasteiger partial charge in [0.05, 0.1) is 13.5 Å². The summed E-state index contributed by atoms with van der Waals surface area (Å²) in [7, 11) is 1.57. The second-order valence-electron chi connectivity index (χ2n) is 5.75. The second-order valence-corrected chi connectivity index (χ2v) is 6.19. The van der Waals surface area contributed by atoms with Crippen molar-refractivity contribution in [1.82, 2.24) is 0 Å². The van der Waals surface area contributed by atoms with Crippen molar-refractivity contribution in [2.45, 2.75) is 6.42 Å². The highest BCUT2D eigenvalue weighted by Gasteiger charge is 2.10. The molecule has 132 valence electrons. The first-order valence-electron chi connectivity index (χ1n) is 8.18. The number of amides is 1. The number of hydrogen-bond donors (Lipinski definition) is 2. The van der Waals surface area contributed by atoms with Gasteiger partial charge in [0.1, 0.15) is 5.75 Å². The largest absolute Gasteiger partial charge is 0.496 e. The summed E-state index contributed by atoms with van der Waals surface area (Å²) in [5.74, 6) is 0.515. The van der Waals surface area contributed by atoms with E-state index in [9.17, 15) is 4.79 Å². The Morgan fingerprint density at radius 3 is 2.27 bits per heavy atom. The summed E-state index contributed by atoms with van der Waals surface area (Å²) in [6, 6.07) is 22.7. The van der Waals surface area contributed by atoms with Crippen LogP contribution in [0.25, 0.3) is 0 Å². The van der Waals surface area contributed by atoms with Crippen molar-refractivity contribution in [3.05, 3.63) is 83.4 Å². The zero-order valence-electron chi connectivity index (χ0n) is 14.3. The van der Waals surface area contributed by atoms with Gasteiger partial charge in [-0.1, -0.05) is 29.8 Å². The average Bonchev–Trinajstić information content (AvgIpc) is 2.64. The minimum absolute atomic E-state index is 0.130. The summed E-state index contributed by atoms with van der Waals surface area (Å²) in [6.45, 7) is 0. The minimum Gasteiger partial charge on any atom is -0.496 e. The Morgan fingerprint density at radius 2 is 1.58 bits per heavy atom. The van der Waals surface area contributed by atoms with Gasteiger partial charge in [-0.15, -0.1) is 0 Å². The van der Waals surface area contributed by atoms with Crippen LogP contribution >= 0.6 is 11.6 Å². The van der Waals surface area contributed by atoms with Crippen molar-refractivity contribution in [2.24, 2.45) is 0 Å². The number of benzene rings is 3. The van der Waals surface area contributed by atoms with E-state index in [0.717, 1.165) is 22.6 Å². The molecule has 3 aromatic rings. The second kappa shape index (κ2) is 8.41. The van der Waals surface area contributed by atoms with Crippen molar-refractivity contribution in [3.63, 3.8) is 0 Å². The Kier molecular flexibility index (Phi) is 5.77. The molecular formula is C21H19ClN2O2. The molecule has 1 amide bonds. The Bertz CT molecular complexity index is 880. The first kappa shape index (κ1) is 17.8. The van der Waals surface area contributed by atoms with E-state index in [0.29, 0.717) is 10.8 Å². The van der Waals surface area contributed by atoms with E-state index >= 15 is 0 Å². The Labute approximate surface area is 157 Å². The third-order valence-electron chi connectivity index (χ3n) is 3.82. The van der Waals surface area contributed by atoms with Crippen LogP contribution in [0.4, 0.5) is 17.1 Å². The zero-order chi connectivity index (χ0) is 18.4. The Hall–Kier alpha value is -2.98. The normalized spacial score (nSPS) is 10.2. The Balaban J connectivity index is 1.62. The van der Waals surface area contributed by atoms with Crippen molar-refractivity contribution in [2.75, 3.05) is 17.7 Å². The summed E-state index contributed by atoms with van der Waals surface area (Å²) in [5, 5.41) is 6.76. The molecule has 3 rings (SSSR count). The van der Waals surface area contributed by atoms with Gasteiger partial charge in [0.15, 0.2) is 0 Å². The fourth-order valence-electron chi connectivity index (χ4n) is 2.59. The molecule has 0 aliphatic rings. The van der Waals surface area contributed by atoms with Crippen LogP contribution in [0.2, 0.25) is 5.02 Å². The lowest BCUT2D eigenvalue weighted by atomic mass is 10.1. The van der Waals surface area contributed by atoms with Gasteiger partial charge in [0, 0.05) is 27.6 Å². The highest BCUT2D eigenvalue weighted by Crippen LogP contribution is 2.24. The molecule has 0 aliphatic carbocycles. The van der Waals surface area contributed by atoms with Crippen LogP contribution in [0.3, 0.4) is 0 Å². The van der Waals surface area contributed by atoms with Gasteiger partial charge < -0.3 is 15.4 Å². The maximum atomic E-state index is 12.3. The number of para-hydroxylation sites is 1. The number of nitrogens with one attached hydrogen (secondary N) is 2. The van der Waals surface area contributed by atoms with Gasteiger partial charge in [-0.2, -0.15) is 0 Å². The fourth-order valence-corrected chi connectivity index (χ4v) is 2.78. The molecule has 5 heteroatoms. The van der Waals surface area contributed by atoms with E-state index in [4.69, 9.17) is 16.3 Å². The number of halogens is 1. The lowest BCUT2D eigenvalue weighted by Gasteiger charge is -2.11. The molecule has 26 heavy (non-hydrogen) atoms. The number of rotatable bonds is 6. The maximum absolute atomic E-state index is 12.3. The molecule has 0 heterocycles. The third-order valence-corrected chi connectivity index (χ3v) is 4.06. The van der Waals surface area contributed by atoms with Crippen molar-refractivity contribution in [3.8, 4) is 5.75 Å². The first-order valence-corrected chi connectivity index (χ1v) is 8.56. The molecule has 0 atom stereocenters. The van der Waals surface area contributed by atoms with Crippen LogP contribution in [0.5, 0.6) is 5.75 Å². The van der Waals surface area contributed by atoms with Gasteiger partial charge in [-0.05, 0) is 54.6 Å². The molecule has 0 bridgehead atoms. The predicted octanol–water partition coefficient (Wildman–Crippen LogP) is 5.27. The summed E-state index contributed by atoms with van der Waals surface area (Å²) in [5.41, 5.74) is 3.44. The molecule has 0 radical (unpaired) electrons. The highest BCUT2D eigenvalue weighted by molar-refractivity contribution is 6.30. The van der Waals surface area contributed by atoms with Crippen LogP contribution < -0.4 is 15.4 Å². The van der Waals surface area contributed by atoms with Gasteiger partial charge >= 0.3 is 0 Å². The van der Waals surface area contributed by atoms with Gasteiger partial charge in [-0.25, -0.2) is 0 Å². The zero-order valence-corrected chi connectivity index (χ0v) is 15.1. The monoisotopic (exact) mass is 366 g/mol. The molecule has 2 N–H and O–H groups in total. The topological polar surface area (TPSA) is 50.4 Å². The molecule has 0 aliphatic heterocycles. The molecule has 0 fully saturated rings. The summed E-state index contributed by atoms with van der Waals surface area (Å²) in [6.07, 6.45) is 0.188. The highest BCUT2D eigenvalue weighted by atomic mass is 35.5. The van der Waals surface area contributed by atoms with E-state index < -0.39 is 0 Å². The average molecular weight is 367 g/mol. The van der Waals surface area contributed by atoms with Crippen molar-refractivity contribution < 1.29 is 9.53 Å². The van der Waals surface area contributed by atoms with Gasteiger partial charge in [0.25, 0.3) is 0 Å². The SMILES string of the molecule is COc1ccc(Cl)cc1CC(=O)Nc1ccc(Nc2ccccc2)cc1. The molecule has 0 saturated carbocycles. The number of carbonyl (C=O) groups is 1. The first-order chi connectivity index (χ1) is 12.6. The number of methoxy groups -OCH3 is 1. The minimum atomic E-state index is -0.130. The fraction of sp³-hybridized carbons (Fsp3) is 0.0952. The maximum Gasteiger partial charge on any atom is 0.228 e. The summed E-state index contributed by atoms with van der Waals surface area (Å²) < 4.78 is 5.28. The van der Waals surface area contributed by atoms with Gasteiger partial charge in [0.2, 0.25) is 5.91 Å². The van der Waals surface area contributed by atoms with Crippen LogP contribution in [-0.2, 0) is 11.2 Å². The number of ether oxygens (including phenoxy) is 1. The molecular weight excluding hydrogens is 348 g/mol. The third kappa shape index (κ3) is 4.77. The summed E-state index contributed by atoms with van der Waals surface area (Å²) >= 11 is 6.01. The van der Waals surface area contributed by atoms with E-state index in [1.165, 1.54) is 0 Å². The van der Waals surface area contributed by atoms with Crippen molar-refractivity contribution in [1.29, 1.82) is 0 Å². The molecule has 0 unspecified atom stereocenters. The van der Waals surface area contributed by atoms with Crippen LogP contribution in [0, 0.1) is 0 Å². The van der Waals surface area contributed by atoms with Crippen LogP contribution in [0.1, 0.15) is 5.56 Å². The number of hydrogen-bond acceptors (Lipinski definition) is 3. The lowest BCUT2D eigenvalue weighted by Crippen LogP contribution is -2.14. The quantitative estimate of drug-likeness (QED) is 0.624. The molecule has 0 aromatic heterocycles. The molecule has 4 nitrogen and oxygen atoms in total. The number of anilines is 3. The van der Waals surface area contributed by atoms with E-state index in [2.05, 4.69) is 10.6 Å². The summed E-state index contributed by atoms with van der Waals surface area (Å²) in [4.78, 5) is 12.3. The number of carbonyl (C=O) groups excluding carboxylic acids is 1. The smallest absolute Gasteiger partial charge is 0.228 e. The Morgan fingerprint density at radius 1 is 0.923 bits per heavy atom. The molecule has 3 aromatic carbocycles. The molecule has 0 saturated heterocycles. The standard InChI is InChI=1S/C21H19ClN2O2/c1-26-20-12-7-16(22)13-15(20)14-21(25)24-19-10-8-18(9-11-19)23-17-5-3-2-4-6-17/h2-13,23H,14H2,1H3,(H,24,25).